The van der Waals surface area contributed by atoms with E-state index in [1.165, 1.54) is 6.07 Å². The first-order chi connectivity index (χ1) is 21.8. The third kappa shape index (κ3) is 10.4. The Morgan fingerprint density at radius 3 is 1.78 bits per heavy atom. The van der Waals surface area contributed by atoms with Crippen molar-refractivity contribution < 1.29 is 37.5 Å². The van der Waals surface area contributed by atoms with Gasteiger partial charge in [-0.25, -0.2) is 4.79 Å². The van der Waals surface area contributed by atoms with E-state index in [-0.39, 0.29) is 24.7 Å². The van der Waals surface area contributed by atoms with Gasteiger partial charge in [0.1, 0.15) is 22.9 Å². The second kappa shape index (κ2) is 18.1. The number of aliphatic hydroxyl groups is 1. The molecule has 0 aromatic carbocycles. The fourth-order valence-corrected chi connectivity index (χ4v) is 4.06. The Balaban J connectivity index is 0.000000246. The largest absolute Gasteiger partial charge is 0.460 e. The highest BCUT2D eigenvalue weighted by Crippen LogP contribution is 2.20. The maximum absolute atomic E-state index is 11.7. The van der Waals surface area contributed by atoms with Gasteiger partial charge in [0.2, 0.25) is 11.5 Å². The van der Waals surface area contributed by atoms with Gasteiger partial charge in [0, 0.05) is 29.8 Å². The molecule has 13 heteroatoms. The number of nitrogens with zero attached hydrogens (tertiary/aromatic N) is 4. The maximum Gasteiger partial charge on any atom is 0.377 e. The lowest BCUT2D eigenvalue weighted by Gasteiger charge is -1.96. The summed E-state index contributed by atoms with van der Waals surface area (Å²) in [5, 5.41) is 27.0. The van der Waals surface area contributed by atoms with Crippen LogP contribution in [-0.2, 0) is 17.6 Å². The number of aliphatic hydroxyl groups excluding tert-OH is 1. The predicted octanol–water partition coefficient (Wildman–Crippen LogP) is 5.87. The van der Waals surface area contributed by atoms with Crippen molar-refractivity contribution >= 4 is 36.2 Å². The third-order valence-electron chi connectivity index (χ3n) is 6.50. The van der Waals surface area contributed by atoms with E-state index >= 15 is 0 Å². The van der Waals surface area contributed by atoms with Gasteiger partial charge in [0.15, 0.2) is 0 Å². The Labute approximate surface area is 261 Å². The molecular weight excluding hydrogens is 582 g/mol. The summed E-state index contributed by atoms with van der Waals surface area (Å²) >= 11 is 0. The third-order valence-corrected chi connectivity index (χ3v) is 6.50. The minimum atomic E-state index is -0.514. The molecule has 242 valence electrons. The number of hydrogen-bond donors (Lipinski definition) is 2. The molecule has 0 saturated carbocycles. The molecule has 13 nitrogen and oxygen atoms in total. The van der Waals surface area contributed by atoms with E-state index in [0.717, 1.165) is 72.6 Å². The van der Waals surface area contributed by atoms with Gasteiger partial charge < -0.3 is 33.3 Å². The first-order valence-electron chi connectivity index (χ1n) is 15.1. The Morgan fingerprint density at radius 1 is 0.778 bits per heavy atom. The minimum Gasteiger partial charge on any atom is -0.460 e. The van der Waals surface area contributed by atoms with Crippen molar-refractivity contribution in [2.24, 2.45) is 0 Å². The average Bonchev–Trinajstić information content (AvgIpc) is 3.84. The van der Waals surface area contributed by atoms with Crippen LogP contribution in [0.25, 0.3) is 24.3 Å². The van der Waals surface area contributed by atoms with Crippen LogP contribution < -0.4 is 5.32 Å². The fraction of sp³-hybridized carbons (Fsp3) is 0.438. The normalized spacial score (nSPS) is 11.2. The second-order valence-electron chi connectivity index (χ2n) is 10.0. The zero-order chi connectivity index (χ0) is 32.6. The average molecular weight is 624 g/mol. The molecule has 0 aliphatic heterocycles. The van der Waals surface area contributed by atoms with Gasteiger partial charge in [-0.05, 0) is 70.8 Å². The Bertz CT molecular complexity index is 1560. The number of amides is 1. The van der Waals surface area contributed by atoms with Gasteiger partial charge in [0.25, 0.3) is 5.91 Å². The molecule has 2 N–H and O–H groups in total. The number of hydrogen-bond acceptors (Lipinski definition) is 12. The molecule has 4 heterocycles. The van der Waals surface area contributed by atoms with Gasteiger partial charge in [0.05, 0.1) is 24.6 Å². The van der Waals surface area contributed by atoms with Crippen LogP contribution in [0.5, 0.6) is 0 Å². The number of esters is 1. The lowest BCUT2D eigenvalue weighted by atomic mass is 10.1. The zero-order valence-electron chi connectivity index (χ0n) is 26.4. The van der Waals surface area contributed by atoms with Gasteiger partial charge in [-0.2, -0.15) is 0 Å². The van der Waals surface area contributed by atoms with Crippen LogP contribution in [0, 0.1) is 13.8 Å². The monoisotopic (exact) mass is 623 g/mol. The molecule has 45 heavy (non-hydrogen) atoms. The Morgan fingerprint density at radius 2 is 1.29 bits per heavy atom. The lowest BCUT2D eigenvalue weighted by Crippen LogP contribution is -2.25. The number of ether oxygens (including phenoxy) is 1. The van der Waals surface area contributed by atoms with Crippen LogP contribution >= 0.6 is 0 Å². The quantitative estimate of drug-likeness (QED) is 0.151. The molecule has 0 spiro atoms. The maximum atomic E-state index is 11.7. The fourth-order valence-electron chi connectivity index (χ4n) is 4.06. The standard InChI is InChI=1S/C16H21N3O4.C16H20N2O4/c1-3-4-5-14-13(11(2)22-19-14)7-6-12-10-15(23-18-12)16(21)17-8-9-20;1-4-6-7-14-13(11(3)21-18-14)9-8-12-10-15(22-17-12)16(19)20-5-2/h6-7,10,20H,3-5,8-9H2,1-2H3,(H,17,21);8-10H,4-7H2,1-3H3/b7-6+;9-8+. The van der Waals surface area contributed by atoms with Crippen LogP contribution in [0.15, 0.2) is 30.2 Å². The van der Waals surface area contributed by atoms with Crippen molar-refractivity contribution in [1.29, 1.82) is 0 Å². The molecule has 0 fully saturated rings. The Kier molecular flexibility index (Phi) is 14.0. The highest BCUT2D eigenvalue weighted by atomic mass is 16.6. The zero-order valence-corrected chi connectivity index (χ0v) is 26.4. The van der Waals surface area contributed by atoms with Crippen molar-refractivity contribution in [2.45, 2.75) is 73.1 Å². The topological polar surface area (TPSA) is 180 Å². The van der Waals surface area contributed by atoms with Crippen molar-refractivity contribution in [2.75, 3.05) is 19.8 Å². The van der Waals surface area contributed by atoms with Crippen LogP contribution in [0.3, 0.4) is 0 Å². The number of aryl methyl sites for hydroxylation is 4. The SMILES string of the molecule is CCCCc1noc(C)c1/C=C/c1cc(C(=O)NCCO)on1.CCCCc1noc(C)c1/C=C/c1cc(C(=O)OCC)on1. The highest BCUT2D eigenvalue weighted by molar-refractivity contribution is 5.92. The van der Waals surface area contributed by atoms with Crippen molar-refractivity contribution in [3.63, 3.8) is 0 Å². The summed E-state index contributed by atoms with van der Waals surface area (Å²) < 4.78 is 25.3. The smallest absolute Gasteiger partial charge is 0.377 e. The van der Waals surface area contributed by atoms with E-state index in [9.17, 15) is 9.59 Å². The van der Waals surface area contributed by atoms with Crippen LogP contribution in [-0.4, -0.2) is 57.4 Å². The number of carbonyl (C=O) groups is 2. The summed E-state index contributed by atoms with van der Waals surface area (Å²) in [4.78, 5) is 23.2. The van der Waals surface area contributed by atoms with Crippen molar-refractivity contribution in [3.05, 3.63) is 69.1 Å². The molecule has 4 aromatic heterocycles. The molecule has 1 amide bonds. The summed E-state index contributed by atoms with van der Waals surface area (Å²) in [6, 6.07) is 3.08. The molecular formula is C32H41N5O8. The minimum absolute atomic E-state index is 0.0924. The van der Waals surface area contributed by atoms with Crippen LogP contribution in [0.2, 0.25) is 0 Å². The first kappa shape index (κ1) is 34.7. The van der Waals surface area contributed by atoms with E-state index in [1.807, 2.05) is 26.0 Å². The summed E-state index contributed by atoms with van der Waals surface area (Å²) in [5.41, 5.74) is 4.82. The molecule has 4 aromatic rings. The van der Waals surface area contributed by atoms with E-state index in [2.05, 4.69) is 39.8 Å². The molecule has 0 aliphatic carbocycles. The van der Waals surface area contributed by atoms with Gasteiger partial charge in [-0.1, -0.05) is 47.3 Å². The number of carbonyl (C=O) groups excluding carboxylic acids is 2. The predicted molar refractivity (Wildman–Crippen MR) is 166 cm³/mol. The second-order valence-corrected chi connectivity index (χ2v) is 10.0. The van der Waals surface area contributed by atoms with Gasteiger partial charge in [-0.15, -0.1) is 0 Å². The van der Waals surface area contributed by atoms with Crippen LogP contribution in [0.1, 0.15) is 113 Å². The molecule has 0 bridgehead atoms. The van der Waals surface area contributed by atoms with E-state index in [0.29, 0.717) is 18.0 Å². The molecule has 0 aliphatic rings. The summed E-state index contributed by atoms with van der Waals surface area (Å²) in [7, 11) is 0. The number of aromatic nitrogens is 4. The van der Waals surface area contributed by atoms with Crippen molar-refractivity contribution in [3.8, 4) is 0 Å². The highest BCUT2D eigenvalue weighted by Gasteiger charge is 2.15. The molecule has 0 unspecified atom stereocenters. The molecule has 0 radical (unpaired) electrons. The van der Waals surface area contributed by atoms with Gasteiger partial charge >= 0.3 is 5.97 Å². The molecule has 0 saturated heterocycles. The number of nitrogens with one attached hydrogen (secondary N) is 1. The van der Waals surface area contributed by atoms with E-state index in [1.54, 1.807) is 25.1 Å². The van der Waals surface area contributed by atoms with E-state index < -0.39 is 11.9 Å². The number of unbranched alkanes of at least 4 members (excludes halogenated alkanes) is 2. The van der Waals surface area contributed by atoms with Crippen molar-refractivity contribution in [1.82, 2.24) is 25.9 Å². The molecule has 4 rings (SSSR count). The lowest BCUT2D eigenvalue weighted by molar-refractivity contribution is 0.0479. The van der Waals surface area contributed by atoms with Crippen LogP contribution in [0.4, 0.5) is 0 Å². The van der Waals surface area contributed by atoms with Gasteiger partial charge in [-0.3, -0.25) is 4.79 Å². The Hall–Kier alpha value is -4.78. The van der Waals surface area contributed by atoms with E-state index in [4.69, 9.17) is 27.9 Å². The molecule has 0 atom stereocenters. The summed E-state index contributed by atoms with van der Waals surface area (Å²) in [6.45, 7) is 10.1. The first-order valence-corrected chi connectivity index (χ1v) is 15.1. The summed E-state index contributed by atoms with van der Waals surface area (Å²) in [6.07, 6.45) is 13.3. The summed E-state index contributed by atoms with van der Waals surface area (Å²) in [5.74, 6) is 0.782. The number of rotatable bonds is 15.